The lowest BCUT2D eigenvalue weighted by Gasteiger charge is -2.44. The van der Waals surface area contributed by atoms with E-state index in [9.17, 15) is 9.90 Å². The Balaban J connectivity index is 0.00000161. The standard InChI is InChI=1S/C16H22N2O2.ClH/c19-14-11-17-10-9-16(14,13-7-2-1-3-8-13)18-15(20)12-5-4-6-12;/h1-3,7-8,12,14,17,19H,4-6,9-11H2,(H,18,20);1H/t14-,16+;/m1./s1. The quantitative estimate of drug-likeness (QED) is 0.794. The van der Waals surface area contributed by atoms with Crippen molar-refractivity contribution in [2.75, 3.05) is 13.1 Å². The second-order valence-corrected chi connectivity index (χ2v) is 5.92. The zero-order valence-corrected chi connectivity index (χ0v) is 12.9. The molecule has 21 heavy (non-hydrogen) atoms. The van der Waals surface area contributed by atoms with E-state index in [4.69, 9.17) is 0 Å². The van der Waals surface area contributed by atoms with E-state index < -0.39 is 11.6 Å². The number of aliphatic hydroxyl groups excluding tert-OH is 1. The lowest BCUT2D eigenvalue weighted by Crippen LogP contribution is -2.62. The molecule has 0 bridgehead atoms. The Morgan fingerprint density at radius 2 is 2.00 bits per heavy atom. The molecule has 2 fully saturated rings. The molecule has 5 heteroatoms. The number of carbonyl (C=O) groups excluding carboxylic acids is 1. The second-order valence-electron chi connectivity index (χ2n) is 5.92. The topological polar surface area (TPSA) is 61.4 Å². The van der Waals surface area contributed by atoms with Crippen LogP contribution in [0.2, 0.25) is 0 Å². The van der Waals surface area contributed by atoms with Gasteiger partial charge in [0.25, 0.3) is 0 Å². The minimum Gasteiger partial charge on any atom is -0.389 e. The fraction of sp³-hybridized carbons (Fsp3) is 0.562. The molecular weight excluding hydrogens is 288 g/mol. The third-order valence-corrected chi connectivity index (χ3v) is 4.71. The van der Waals surface area contributed by atoms with Gasteiger partial charge in [0.2, 0.25) is 5.91 Å². The molecule has 1 aromatic rings. The van der Waals surface area contributed by atoms with Gasteiger partial charge in [-0.1, -0.05) is 36.8 Å². The van der Waals surface area contributed by atoms with E-state index in [0.717, 1.165) is 37.8 Å². The van der Waals surface area contributed by atoms with Crippen molar-refractivity contribution in [3.63, 3.8) is 0 Å². The summed E-state index contributed by atoms with van der Waals surface area (Å²) in [6.45, 7) is 1.32. The van der Waals surface area contributed by atoms with Gasteiger partial charge in [0.05, 0.1) is 11.6 Å². The van der Waals surface area contributed by atoms with Gasteiger partial charge >= 0.3 is 0 Å². The number of hydrogen-bond donors (Lipinski definition) is 3. The summed E-state index contributed by atoms with van der Waals surface area (Å²) in [6.07, 6.45) is 3.22. The van der Waals surface area contributed by atoms with Crippen LogP contribution in [0.15, 0.2) is 30.3 Å². The Labute approximate surface area is 131 Å². The van der Waals surface area contributed by atoms with Crippen molar-refractivity contribution < 1.29 is 9.90 Å². The average molecular weight is 311 g/mol. The monoisotopic (exact) mass is 310 g/mol. The van der Waals surface area contributed by atoms with Crippen LogP contribution >= 0.6 is 12.4 Å². The van der Waals surface area contributed by atoms with Crippen LogP contribution < -0.4 is 10.6 Å². The second kappa shape index (κ2) is 6.77. The van der Waals surface area contributed by atoms with Gasteiger partial charge in [-0.2, -0.15) is 0 Å². The van der Waals surface area contributed by atoms with Crippen LogP contribution in [0.4, 0.5) is 0 Å². The minimum absolute atomic E-state index is 0. The first-order chi connectivity index (χ1) is 9.72. The van der Waals surface area contributed by atoms with Crippen molar-refractivity contribution in [2.24, 2.45) is 5.92 Å². The number of piperidine rings is 1. The number of hydrogen-bond acceptors (Lipinski definition) is 3. The summed E-state index contributed by atoms with van der Waals surface area (Å²) >= 11 is 0. The van der Waals surface area contributed by atoms with E-state index in [0.29, 0.717) is 6.54 Å². The summed E-state index contributed by atoms with van der Waals surface area (Å²) in [6, 6.07) is 9.87. The fourth-order valence-electron chi connectivity index (χ4n) is 3.15. The van der Waals surface area contributed by atoms with Crippen LogP contribution in [-0.4, -0.2) is 30.2 Å². The predicted octanol–water partition coefficient (Wildman–Crippen LogP) is 1.57. The van der Waals surface area contributed by atoms with Gasteiger partial charge in [0.1, 0.15) is 0 Å². The van der Waals surface area contributed by atoms with Crippen LogP contribution in [0.25, 0.3) is 0 Å². The van der Waals surface area contributed by atoms with Crippen molar-refractivity contribution in [3.8, 4) is 0 Å². The molecule has 1 aliphatic heterocycles. The molecular formula is C16H23ClN2O2. The Morgan fingerprint density at radius 1 is 1.29 bits per heavy atom. The molecule has 2 atom stereocenters. The molecule has 0 spiro atoms. The lowest BCUT2D eigenvalue weighted by atomic mass is 9.77. The van der Waals surface area contributed by atoms with Gasteiger partial charge in [0.15, 0.2) is 0 Å². The van der Waals surface area contributed by atoms with Crippen molar-refractivity contribution in [1.29, 1.82) is 0 Å². The van der Waals surface area contributed by atoms with Gasteiger partial charge < -0.3 is 15.7 Å². The fourth-order valence-corrected chi connectivity index (χ4v) is 3.15. The average Bonchev–Trinajstić information content (AvgIpc) is 2.40. The van der Waals surface area contributed by atoms with Crippen LogP contribution in [0, 0.1) is 5.92 Å². The van der Waals surface area contributed by atoms with E-state index in [-0.39, 0.29) is 24.2 Å². The smallest absolute Gasteiger partial charge is 0.223 e. The SMILES string of the molecule is Cl.O=C(N[C@]1(c2ccccc2)CCNC[C@H]1O)C1CCC1. The lowest BCUT2D eigenvalue weighted by molar-refractivity contribution is -0.132. The van der Waals surface area contributed by atoms with Crippen LogP contribution in [0.3, 0.4) is 0 Å². The molecule has 1 saturated heterocycles. The summed E-state index contributed by atoms with van der Waals surface area (Å²) in [5.74, 6) is 0.235. The van der Waals surface area contributed by atoms with Crippen molar-refractivity contribution in [1.82, 2.24) is 10.6 Å². The Morgan fingerprint density at radius 3 is 2.57 bits per heavy atom. The van der Waals surface area contributed by atoms with Gasteiger partial charge in [-0.25, -0.2) is 0 Å². The number of carbonyl (C=O) groups is 1. The molecule has 3 N–H and O–H groups in total. The predicted molar refractivity (Wildman–Crippen MR) is 84.3 cm³/mol. The van der Waals surface area contributed by atoms with E-state index >= 15 is 0 Å². The molecule has 116 valence electrons. The van der Waals surface area contributed by atoms with Gasteiger partial charge in [-0.3, -0.25) is 4.79 Å². The summed E-state index contributed by atoms with van der Waals surface area (Å²) in [5, 5.41) is 16.9. The molecule has 2 aliphatic rings. The maximum atomic E-state index is 12.4. The molecule has 3 rings (SSSR count). The normalized spacial score (nSPS) is 29.1. The number of rotatable bonds is 3. The number of aliphatic hydroxyl groups is 1. The van der Waals surface area contributed by atoms with Crippen LogP contribution in [-0.2, 0) is 10.3 Å². The Kier molecular flexibility index (Phi) is 5.25. The summed E-state index contributed by atoms with van der Waals surface area (Å²) < 4.78 is 0. The first-order valence-corrected chi connectivity index (χ1v) is 7.49. The molecule has 1 aromatic carbocycles. The summed E-state index contributed by atoms with van der Waals surface area (Å²) in [4.78, 5) is 12.4. The Bertz CT molecular complexity index is 478. The third kappa shape index (κ3) is 3.07. The highest BCUT2D eigenvalue weighted by atomic mass is 35.5. The van der Waals surface area contributed by atoms with Crippen LogP contribution in [0.5, 0.6) is 0 Å². The molecule has 1 aliphatic carbocycles. The minimum atomic E-state index is -0.640. The number of amides is 1. The van der Waals surface area contributed by atoms with Gasteiger partial charge in [-0.15, -0.1) is 12.4 Å². The Hall–Kier alpha value is -1.10. The van der Waals surface area contributed by atoms with Crippen molar-refractivity contribution >= 4 is 18.3 Å². The molecule has 1 saturated carbocycles. The highest BCUT2D eigenvalue weighted by Gasteiger charge is 2.44. The first kappa shape index (κ1) is 16.3. The number of halogens is 1. The summed E-state index contributed by atoms with van der Waals surface area (Å²) in [7, 11) is 0. The zero-order valence-electron chi connectivity index (χ0n) is 12.0. The van der Waals surface area contributed by atoms with E-state index in [1.54, 1.807) is 0 Å². The molecule has 1 heterocycles. The number of benzene rings is 1. The van der Waals surface area contributed by atoms with Crippen molar-refractivity contribution in [2.45, 2.75) is 37.3 Å². The van der Waals surface area contributed by atoms with Gasteiger partial charge in [-0.05, 0) is 31.4 Å². The molecule has 1 amide bonds. The number of β-amino-alcohol motifs (C(OH)–C–C–N with tert-alkyl or cyclic N) is 1. The maximum Gasteiger partial charge on any atom is 0.223 e. The molecule has 0 aromatic heterocycles. The maximum absolute atomic E-state index is 12.4. The highest BCUT2D eigenvalue weighted by molar-refractivity contribution is 5.85. The zero-order chi connectivity index (χ0) is 14.0. The third-order valence-electron chi connectivity index (χ3n) is 4.71. The number of nitrogens with one attached hydrogen (secondary N) is 2. The largest absolute Gasteiger partial charge is 0.389 e. The summed E-state index contributed by atoms with van der Waals surface area (Å²) in [5.41, 5.74) is 0.362. The van der Waals surface area contributed by atoms with E-state index in [1.165, 1.54) is 0 Å². The molecule has 4 nitrogen and oxygen atoms in total. The molecule has 0 unspecified atom stereocenters. The first-order valence-electron chi connectivity index (χ1n) is 7.49. The highest BCUT2D eigenvalue weighted by Crippen LogP contribution is 2.33. The van der Waals surface area contributed by atoms with E-state index in [1.807, 2.05) is 30.3 Å². The van der Waals surface area contributed by atoms with Crippen molar-refractivity contribution in [3.05, 3.63) is 35.9 Å². The van der Waals surface area contributed by atoms with Crippen LogP contribution in [0.1, 0.15) is 31.2 Å². The van der Waals surface area contributed by atoms with Gasteiger partial charge in [0, 0.05) is 12.5 Å². The van der Waals surface area contributed by atoms with E-state index in [2.05, 4.69) is 10.6 Å². The molecule has 0 radical (unpaired) electrons.